The van der Waals surface area contributed by atoms with E-state index in [0.717, 1.165) is 6.07 Å². The second-order valence-corrected chi connectivity index (χ2v) is 4.69. The van der Waals surface area contributed by atoms with Crippen molar-refractivity contribution in [3.8, 4) is 5.75 Å². The highest BCUT2D eigenvalue weighted by molar-refractivity contribution is 5.46. The number of phenolic OH excluding ortho intramolecular Hbond substituents is 1. The number of non-ortho nitro benzene ring substituents is 1. The molecule has 0 aromatic heterocycles. The number of nitro groups is 1. The van der Waals surface area contributed by atoms with Gasteiger partial charge in [0.05, 0.1) is 11.0 Å². The molecule has 0 spiro atoms. The van der Waals surface area contributed by atoms with Crippen LogP contribution in [0.2, 0.25) is 0 Å². The minimum Gasteiger partial charge on any atom is -0.505 e. The first-order valence-electron chi connectivity index (χ1n) is 6.31. The Hall–Kier alpha value is -1.87. The van der Waals surface area contributed by atoms with Crippen LogP contribution in [0.1, 0.15) is 11.6 Å². The number of phenols is 1. The van der Waals surface area contributed by atoms with Gasteiger partial charge in [0.15, 0.2) is 11.6 Å². The fraction of sp³-hybridized carbons (Fsp3) is 0.500. The normalized spacial score (nSPS) is 17.9. The number of benzene rings is 1. The molecule has 0 amide bonds. The second-order valence-electron chi connectivity index (χ2n) is 4.69. The summed E-state index contributed by atoms with van der Waals surface area (Å²) in [6.07, 6.45) is -2.91. The highest BCUT2D eigenvalue weighted by atomic mass is 19.3. The zero-order valence-corrected chi connectivity index (χ0v) is 10.9. The van der Waals surface area contributed by atoms with E-state index in [0.29, 0.717) is 19.2 Å². The van der Waals surface area contributed by atoms with Crippen molar-refractivity contribution in [1.29, 1.82) is 0 Å². The molecule has 21 heavy (non-hydrogen) atoms. The molecule has 0 radical (unpaired) electrons. The summed E-state index contributed by atoms with van der Waals surface area (Å²) in [7, 11) is 0. The number of halogens is 3. The zero-order chi connectivity index (χ0) is 15.6. The van der Waals surface area contributed by atoms with Crippen LogP contribution in [0.4, 0.5) is 18.9 Å². The third kappa shape index (κ3) is 3.24. The van der Waals surface area contributed by atoms with Crippen LogP contribution in [0, 0.1) is 15.9 Å². The fourth-order valence-electron chi connectivity index (χ4n) is 2.39. The van der Waals surface area contributed by atoms with Crippen LogP contribution in [0.15, 0.2) is 12.1 Å². The predicted molar refractivity (Wildman–Crippen MR) is 67.9 cm³/mol. The summed E-state index contributed by atoms with van der Waals surface area (Å²) in [5.74, 6) is -2.25. The Labute approximate surface area is 118 Å². The lowest BCUT2D eigenvalue weighted by atomic mass is 10.0. The van der Waals surface area contributed by atoms with Gasteiger partial charge < -0.3 is 10.4 Å². The first kappa shape index (κ1) is 15.5. The van der Waals surface area contributed by atoms with E-state index in [1.54, 1.807) is 0 Å². The van der Waals surface area contributed by atoms with Crippen molar-refractivity contribution < 1.29 is 23.2 Å². The third-order valence-electron chi connectivity index (χ3n) is 3.39. The van der Waals surface area contributed by atoms with Gasteiger partial charge in [0, 0.05) is 37.8 Å². The SMILES string of the molecule is O=[N+]([O-])c1cc(F)c(O)c([C@H](C(F)F)N2CCNCC2)c1. The first-order chi connectivity index (χ1) is 9.91. The molecule has 0 bridgehead atoms. The molecule has 1 fully saturated rings. The maximum atomic E-state index is 13.6. The second kappa shape index (κ2) is 6.27. The van der Waals surface area contributed by atoms with E-state index in [-0.39, 0.29) is 13.1 Å². The Bertz CT molecular complexity index is 536. The molecule has 1 aliphatic heterocycles. The van der Waals surface area contributed by atoms with Crippen LogP contribution >= 0.6 is 0 Å². The van der Waals surface area contributed by atoms with Gasteiger partial charge in [-0.25, -0.2) is 13.2 Å². The standard InChI is InChI=1S/C12H14F3N3O3/c13-9-6-7(18(20)21)5-8(11(9)19)10(12(14)15)17-3-1-16-2-4-17/h5-6,10,12,16,19H,1-4H2/t10-/m1/s1. The van der Waals surface area contributed by atoms with Gasteiger partial charge in [-0.15, -0.1) is 0 Å². The minimum absolute atomic E-state index is 0.277. The fourth-order valence-corrected chi connectivity index (χ4v) is 2.39. The summed E-state index contributed by atoms with van der Waals surface area (Å²) >= 11 is 0. The van der Waals surface area contributed by atoms with E-state index in [2.05, 4.69) is 5.32 Å². The van der Waals surface area contributed by atoms with Crippen molar-refractivity contribution >= 4 is 5.69 Å². The number of hydrogen-bond acceptors (Lipinski definition) is 5. The average molecular weight is 305 g/mol. The molecule has 1 heterocycles. The molecule has 1 aromatic carbocycles. The summed E-state index contributed by atoms with van der Waals surface area (Å²) in [6, 6.07) is -0.266. The molecule has 0 aliphatic carbocycles. The van der Waals surface area contributed by atoms with Gasteiger partial charge in [-0.05, 0) is 0 Å². The monoisotopic (exact) mass is 305 g/mol. The number of nitrogens with zero attached hydrogens (tertiary/aromatic N) is 2. The van der Waals surface area contributed by atoms with Crippen LogP contribution in [0.25, 0.3) is 0 Å². The lowest BCUT2D eigenvalue weighted by Crippen LogP contribution is -2.47. The first-order valence-corrected chi connectivity index (χ1v) is 6.31. The smallest absolute Gasteiger partial charge is 0.272 e. The summed E-state index contributed by atoms with van der Waals surface area (Å²) in [5.41, 5.74) is -1.13. The molecule has 116 valence electrons. The molecular formula is C12H14F3N3O3. The van der Waals surface area contributed by atoms with Crippen molar-refractivity contribution in [3.05, 3.63) is 33.6 Å². The van der Waals surface area contributed by atoms with Crippen LogP contribution in [0.3, 0.4) is 0 Å². The number of rotatable bonds is 4. The van der Waals surface area contributed by atoms with Crippen molar-refractivity contribution in [1.82, 2.24) is 10.2 Å². The molecule has 1 atom stereocenters. The van der Waals surface area contributed by atoms with E-state index in [4.69, 9.17) is 0 Å². The third-order valence-corrected chi connectivity index (χ3v) is 3.39. The van der Waals surface area contributed by atoms with Crippen molar-refractivity contribution in [2.45, 2.75) is 12.5 Å². The predicted octanol–water partition coefficient (Wildman–Crippen LogP) is 1.65. The van der Waals surface area contributed by atoms with Gasteiger partial charge in [0.1, 0.15) is 6.04 Å². The van der Waals surface area contributed by atoms with Crippen LogP contribution in [-0.4, -0.2) is 47.5 Å². The molecule has 1 aromatic rings. The van der Waals surface area contributed by atoms with Gasteiger partial charge in [0.25, 0.3) is 12.1 Å². The molecule has 0 unspecified atom stereocenters. The number of nitro benzene ring substituents is 1. The van der Waals surface area contributed by atoms with Crippen LogP contribution < -0.4 is 5.32 Å². The van der Waals surface area contributed by atoms with Crippen LogP contribution in [-0.2, 0) is 0 Å². The van der Waals surface area contributed by atoms with Gasteiger partial charge in [-0.3, -0.25) is 15.0 Å². The van der Waals surface area contributed by atoms with Gasteiger partial charge in [0.2, 0.25) is 0 Å². The number of nitrogens with one attached hydrogen (secondary N) is 1. The minimum atomic E-state index is -2.91. The largest absolute Gasteiger partial charge is 0.505 e. The summed E-state index contributed by atoms with van der Waals surface area (Å²) in [6.45, 7) is 1.50. The number of piperazine rings is 1. The Morgan fingerprint density at radius 2 is 1.95 bits per heavy atom. The van der Waals surface area contributed by atoms with E-state index in [1.165, 1.54) is 4.90 Å². The zero-order valence-electron chi connectivity index (χ0n) is 10.9. The Morgan fingerprint density at radius 1 is 1.33 bits per heavy atom. The Balaban J connectivity index is 2.46. The topological polar surface area (TPSA) is 78.6 Å². The van der Waals surface area contributed by atoms with Crippen LogP contribution in [0.5, 0.6) is 5.75 Å². The molecule has 6 nitrogen and oxygen atoms in total. The maximum absolute atomic E-state index is 13.6. The van der Waals surface area contributed by atoms with E-state index in [9.17, 15) is 28.4 Å². The van der Waals surface area contributed by atoms with E-state index < -0.39 is 40.2 Å². The number of aromatic hydroxyl groups is 1. The van der Waals surface area contributed by atoms with E-state index >= 15 is 0 Å². The lowest BCUT2D eigenvalue weighted by Gasteiger charge is -2.34. The summed E-state index contributed by atoms with van der Waals surface area (Å²) in [5, 5.41) is 23.4. The molecule has 1 saturated heterocycles. The lowest BCUT2D eigenvalue weighted by molar-refractivity contribution is -0.385. The summed E-state index contributed by atoms with van der Waals surface area (Å²) in [4.78, 5) is 11.2. The average Bonchev–Trinajstić information content (AvgIpc) is 2.44. The highest BCUT2D eigenvalue weighted by Crippen LogP contribution is 2.37. The molecular weight excluding hydrogens is 291 g/mol. The molecule has 1 aliphatic rings. The van der Waals surface area contributed by atoms with Crippen molar-refractivity contribution in [2.24, 2.45) is 0 Å². The van der Waals surface area contributed by atoms with Crippen molar-refractivity contribution in [3.63, 3.8) is 0 Å². The molecule has 2 rings (SSSR count). The molecule has 2 N–H and O–H groups in total. The number of alkyl halides is 2. The highest BCUT2D eigenvalue weighted by Gasteiger charge is 2.34. The molecule has 9 heteroatoms. The van der Waals surface area contributed by atoms with E-state index in [1.807, 2.05) is 0 Å². The summed E-state index contributed by atoms with van der Waals surface area (Å²) < 4.78 is 40.3. The Morgan fingerprint density at radius 3 is 2.48 bits per heavy atom. The quantitative estimate of drug-likeness (QED) is 0.653. The van der Waals surface area contributed by atoms with Gasteiger partial charge >= 0.3 is 0 Å². The maximum Gasteiger partial charge on any atom is 0.272 e. The number of hydrogen-bond donors (Lipinski definition) is 2. The van der Waals surface area contributed by atoms with Gasteiger partial charge in [-0.2, -0.15) is 0 Å². The molecule has 0 saturated carbocycles. The Kier molecular flexibility index (Phi) is 4.63. The van der Waals surface area contributed by atoms with Crippen molar-refractivity contribution in [2.75, 3.05) is 26.2 Å². The van der Waals surface area contributed by atoms with Gasteiger partial charge in [-0.1, -0.05) is 0 Å².